The van der Waals surface area contributed by atoms with Crippen molar-refractivity contribution in [3.05, 3.63) is 23.8 Å². The molecule has 2 fully saturated rings. The summed E-state index contributed by atoms with van der Waals surface area (Å²) in [5.41, 5.74) is -0.621. The van der Waals surface area contributed by atoms with Crippen LogP contribution in [0.1, 0.15) is 45.7 Å². The van der Waals surface area contributed by atoms with E-state index in [1.807, 2.05) is 0 Å². The highest BCUT2D eigenvalue weighted by molar-refractivity contribution is 8.16. The predicted octanol–water partition coefficient (Wildman–Crippen LogP) is 2.66. The van der Waals surface area contributed by atoms with Crippen LogP contribution in [0.5, 0.6) is 11.5 Å². The molecule has 4 atom stereocenters. The minimum absolute atomic E-state index is 0.0460. The van der Waals surface area contributed by atoms with Crippen molar-refractivity contribution in [1.82, 2.24) is 9.80 Å². The summed E-state index contributed by atoms with van der Waals surface area (Å²) in [5, 5.41) is 9.55. The highest BCUT2D eigenvalue weighted by Crippen LogP contribution is 2.62. The molecule has 0 bridgehead atoms. The lowest BCUT2D eigenvalue weighted by Crippen LogP contribution is -2.71. The number of nitrogens with zero attached hydrogens (tertiary/aromatic N) is 3. The van der Waals surface area contributed by atoms with Crippen LogP contribution in [0.25, 0.3) is 0 Å². The monoisotopic (exact) mass is 489 g/mol. The van der Waals surface area contributed by atoms with Gasteiger partial charge in [-0.15, -0.1) is 0 Å². The van der Waals surface area contributed by atoms with Gasteiger partial charge in [0.2, 0.25) is 6.79 Å². The zero-order valence-corrected chi connectivity index (χ0v) is 20.5. The van der Waals surface area contributed by atoms with E-state index in [9.17, 15) is 24.4 Å². The number of thioether (sulfide) groups is 2. The number of hydrogen-bond acceptors (Lipinski definition) is 9. The third-order valence-corrected chi connectivity index (χ3v) is 8.65. The lowest BCUT2D eigenvalue weighted by Gasteiger charge is -2.52. The summed E-state index contributed by atoms with van der Waals surface area (Å²) in [6.07, 6.45) is -0.0460. The third-order valence-electron chi connectivity index (χ3n) is 6.37. The summed E-state index contributed by atoms with van der Waals surface area (Å²) in [6, 6.07) is 6.56. The normalized spacial score (nSPS) is 32.5. The van der Waals surface area contributed by atoms with Crippen LogP contribution >= 0.6 is 23.5 Å². The number of carbonyl (C=O) groups is 4. The van der Waals surface area contributed by atoms with Crippen LogP contribution in [0.3, 0.4) is 0 Å². The van der Waals surface area contributed by atoms with E-state index in [2.05, 4.69) is 6.07 Å². The standard InChI is InChI=1S/C22H23N3O6S2/c1-12(26)32-21(4)18(28)25-17(14-6-7-15-16(8-14)31-11-30-15)20(3,10-23)9-22(25,33-13(2)27)19(29)24(21)5/h6-8,17H,9,11H2,1-5H3/t17?,20-,21+,22-/m1/s1. The number of ether oxygens (including phenoxy) is 2. The fourth-order valence-corrected chi connectivity index (χ4v) is 7.24. The summed E-state index contributed by atoms with van der Waals surface area (Å²) in [7, 11) is 1.45. The van der Waals surface area contributed by atoms with Crippen molar-refractivity contribution in [1.29, 1.82) is 5.26 Å². The second-order valence-electron chi connectivity index (χ2n) is 8.72. The number of fused-ring (bicyclic) bond motifs is 2. The number of likely N-dealkylation sites (N-methyl/N-ethyl adjacent to an activating group) is 1. The molecule has 0 spiro atoms. The molecule has 3 aliphatic rings. The van der Waals surface area contributed by atoms with Crippen LogP contribution in [-0.2, 0) is 19.2 Å². The van der Waals surface area contributed by atoms with Crippen molar-refractivity contribution in [2.75, 3.05) is 13.8 Å². The fraction of sp³-hybridized carbons (Fsp3) is 0.500. The molecule has 9 nitrogen and oxygen atoms in total. The highest BCUT2D eigenvalue weighted by atomic mass is 32.2. The Bertz CT molecular complexity index is 1140. The number of amides is 2. The number of rotatable bonds is 3. The molecule has 2 saturated heterocycles. The maximum absolute atomic E-state index is 14.1. The van der Waals surface area contributed by atoms with Crippen molar-refractivity contribution in [2.24, 2.45) is 5.41 Å². The van der Waals surface area contributed by atoms with Gasteiger partial charge in [0.15, 0.2) is 31.5 Å². The topological polar surface area (TPSA) is 117 Å². The number of nitriles is 1. The quantitative estimate of drug-likeness (QED) is 0.631. The van der Waals surface area contributed by atoms with Crippen molar-refractivity contribution >= 4 is 45.6 Å². The minimum atomic E-state index is -1.61. The SMILES string of the molecule is CC(=O)S[C@@]1(C)C(=O)N2C(c3ccc4c(c3)OCO4)[C@@](C)(C#N)C[C@@]2(SC(C)=O)C(=O)N1C. The van der Waals surface area contributed by atoms with Crippen molar-refractivity contribution in [2.45, 2.75) is 49.9 Å². The summed E-state index contributed by atoms with van der Waals surface area (Å²) >= 11 is 1.49. The lowest BCUT2D eigenvalue weighted by atomic mass is 9.79. The Hall–Kier alpha value is -2.71. The third kappa shape index (κ3) is 3.30. The Kier molecular flexibility index (Phi) is 5.45. The molecule has 33 heavy (non-hydrogen) atoms. The molecule has 2 amide bonds. The molecule has 0 aliphatic carbocycles. The summed E-state index contributed by atoms with van der Waals surface area (Å²) in [5.74, 6) is -0.000664. The molecule has 1 aromatic rings. The van der Waals surface area contributed by atoms with Gasteiger partial charge in [0.25, 0.3) is 11.8 Å². The van der Waals surface area contributed by atoms with E-state index < -0.39 is 33.0 Å². The van der Waals surface area contributed by atoms with Gasteiger partial charge < -0.3 is 19.3 Å². The first-order chi connectivity index (χ1) is 15.4. The molecule has 3 heterocycles. The van der Waals surface area contributed by atoms with E-state index in [4.69, 9.17) is 9.47 Å². The lowest BCUT2D eigenvalue weighted by molar-refractivity contribution is -0.163. The van der Waals surface area contributed by atoms with E-state index in [1.165, 1.54) is 37.6 Å². The van der Waals surface area contributed by atoms with Gasteiger partial charge in [0.05, 0.1) is 17.5 Å². The maximum atomic E-state index is 14.1. The molecule has 0 saturated carbocycles. The van der Waals surface area contributed by atoms with Gasteiger partial charge in [-0.05, 0) is 43.3 Å². The highest BCUT2D eigenvalue weighted by Gasteiger charge is 2.71. The molecular formula is C22H23N3O6S2. The van der Waals surface area contributed by atoms with E-state index in [0.717, 1.165) is 23.5 Å². The Morgan fingerprint density at radius 3 is 2.33 bits per heavy atom. The zero-order valence-electron chi connectivity index (χ0n) is 18.8. The fourth-order valence-electron chi connectivity index (χ4n) is 4.92. The van der Waals surface area contributed by atoms with Crippen LogP contribution < -0.4 is 9.47 Å². The maximum Gasteiger partial charge on any atom is 0.261 e. The van der Waals surface area contributed by atoms with E-state index in [0.29, 0.717) is 17.1 Å². The first-order valence-electron chi connectivity index (χ1n) is 10.2. The van der Waals surface area contributed by atoms with Crippen LogP contribution in [0, 0.1) is 16.7 Å². The second-order valence-corrected chi connectivity index (χ2v) is 11.7. The molecule has 0 N–H and O–H groups in total. The number of carbonyl (C=O) groups excluding carboxylic acids is 4. The number of piperazine rings is 1. The first-order valence-corrected chi connectivity index (χ1v) is 11.8. The Balaban J connectivity index is 1.96. The molecule has 0 radical (unpaired) electrons. The van der Waals surface area contributed by atoms with Gasteiger partial charge >= 0.3 is 0 Å². The molecule has 174 valence electrons. The van der Waals surface area contributed by atoms with E-state index in [-0.39, 0.29) is 23.4 Å². The van der Waals surface area contributed by atoms with Gasteiger partial charge in [0.1, 0.15) is 0 Å². The number of hydrogen-bond donors (Lipinski definition) is 0. The van der Waals surface area contributed by atoms with Crippen LogP contribution in [-0.4, -0.2) is 55.4 Å². The average molecular weight is 490 g/mol. The van der Waals surface area contributed by atoms with E-state index in [1.54, 1.807) is 25.1 Å². The largest absolute Gasteiger partial charge is 0.454 e. The van der Waals surface area contributed by atoms with Crippen LogP contribution in [0.4, 0.5) is 0 Å². The molecule has 11 heteroatoms. The first kappa shape index (κ1) is 23.4. The molecule has 3 aliphatic heterocycles. The summed E-state index contributed by atoms with van der Waals surface area (Å²) in [6.45, 7) is 5.90. The van der Waals surface area contributed by atoms with E-state index >= 15 is 0 Å². The summed E-state index contributed by atoms with van der Waals surface area (Å²) in [4.78, 5) is 51.8. The molecule has 1 unspecified atom stereocenters. The van der Waals surface area contributed by atoms with Crippen LogP contribution in [0.15, 0.2) is 18.2 Å². The average Bonchev–Trinajstić information content (AvgIpc) is 3.30. The molecule has 0 aromatic heterocycles. The van der Waals surface area contributed by atoms with Crippen molar-refractivity contribution in [3.63, 3.8) is 0 Å². The Morgan fingerprint density at radius 2 is 1.73 bits per heavy atom. The van der Waals surface area contributed by atoms with Crippen LogP contribution in [0.2, 0.25) is 0 Å². The molecular weight excluding hydrogens is 466 g/mol. The zero-order chi connectivity index (χ0) is 24.3. The van der Waals surface area contributed by atoms with Gasteiger partial charge in [-0.2, -0.15) is 5.26 Å². The van der Waals surface area contributed by atoms with Gasteiger partial charge in [0, 0.05) is 27.3 Å². The van der Waals surface area contributed by atoms with Gasteiger partial charge in [-0.3, -0.25) is 19.2 Å². The predicted molar refractivity (Wildman–Crippen MR) is 121 cm³/mol. The second kappa shape index (κ2) is 7.67. The number of benzene rings is 1. The molecule has 1 aromatic carbocycles. The minimum Gasteiger partial charge on any atom is -0.454 e. The van der Waals surface area contributed by atoms with Gasteiger partial charge in [-0.25, -0.2) is 0 Å². The molecule has 4 rings (SSSR count). The van der Waals surface area contributed by atoms with Crippen molar-refractivity contribution < 1.29 is 28.7 Å². The smallest absolute Gasteiger partial charge is 0.261 e. The Labute approximate surface area is 199 Å². The van der Waals surface area contributed by atoms with Gasteiger partial charge in [-0.1, -0.05) is 17.8 Å². The summed E-state index contributed by atoms with van der Waals surface area (Å²) < 4.78 is 10.9. The van der Waals surface area contributed by atoms with Crippen molar-refractivity contribution in [3.8, 4) is 17.6 Å². The Morgan fingerprint density at radius 1 is 1.09 bits per heavy atom.